The van der Waals surface area contributed by atoms with Gasteiger partial charge in [-0.25, -0.2) is 14.2 Å². The first-order chi connectivity index (χ1) is 12.4. The summed E-state index contributed by atoms with van der Waals surface area (Å²) in [4.78, 5) is 29.2. The number of benzene rings is 1. The lowest BCUT2D eigenvalue weighted by atomic mass is 10.1. The first kappa shape index (κ1) is 17.1. The summed E-state index contributed by atoms with van der Waals surface area (Å²) in [6.45, 7) is 2.07. The van der Waals surface area contributed by atoms with Crippen LogP contribution in [-0.2, 0) is 6.54 Å². The summed E-state index contributed by atoms with van der Waals surface area (Å²) < 4.78 is 16.4. The minimum atomic E-state index is -1.07. The van der Waals surface area contributed by atoms with Crippen molar-refractivity contribution in [3.05, 3.63) is 60.7 Å². The van der Waals surface area contributed by atoms with Crippen LogP contribution < -0.4 is 5.56 Å². The third-order valence-electron chi connectivity index (χ3n) is 4.42. The van der Waals surface area contributed by atoms with Crippen LogP contribution in [0.15, 0.2) is 27.5 Å². The predicted octanol–water partition coefficient (Wildman–Crippen LogP) is 4.31. The Morgan fingerprint density at radius 1 is 1.46 bits per heavy atom. The topological polar surface area (TPSA) is 72.2 Å². The molecule has 0 unspecified atom stereocenters. The molecule has 1 aliphatic rings. The molecule has 1 aromatic carbocycles. The van der Waals surface area contributed by atoms with Gasteiger partial charge in [-0.2, -0.15) is 0 Å². The van der Waals surface area contributed by atoms with E-state index in [2.05, 4.69) is 20.9 Å². The van der Waals surface area contributed by atoms with E-state index in [0.717, 1.165) is 21.4 Å². The highest BCUT2D eigenvalue weighted by Crippen LogP contribution is 2.33. The number of aryl methyl sites for hydroxylation is 1. The van der Waals surface area contributed by atoms with Crippen molar-refractivity contribution in [3.63, 3.8) is 0 Å². The van der Waals surface area contributed by atoms with E-state index in [-0.39, 0.29) is 16.3 Å². The molecule has 1 aliphatic heterocycles. The van der Waals surface area contributed by atoms with Gasteiger partial charge in [-0.1, -0.05) is 15.9 Å². The normalized spacial score (nSPS) is 15.0. The van der Waals surface area contributed by atoms with E-state index in [1.54, 1.807) is 25.1 Å². The van der Waals surface area contributed by atoms with Crippen molar-refractivity contribution in [3.8, 4) is 0 Å². The number of aromatic nitrogens is 2. The highest BCUT2D eigenvalue weighted by atomic mass is 79.9. The summed E-state index contributed by atoms with van der Waals surface area (Å²) in [6.07, 6.45) is 2.26. The number of aromatic carboxylic acids is 1. The first-order valence-electron chi connectivity index (χ1n) is 7.80. The molecule has 0 spiro atoms. The number of carboxylic acid groups (broad SMARTS) is 1. The maximum absolute atomic E-state index is 14.1. The van der Waals surface area contributed by atoms with Crippen molar-refractivity contribution in [2.45, 2.75) is 19.9 Å². The van der Waals surface area contributed by atoms with E-state index >= 15 is 0 Å². The fraction of sp³-hybridized carbons (Fsp3) is 0.167. The number of thiophene rings is 1. The average Bonchev–Trinajstić information content (AvgIpc) is 3.13. The lowest BCUT2D eigenvalue weighted by Crippen LogP contribution is -2.20. The fourth-order valence-corrected chi connectivity index (χ4v) is 4.56. The van der Waals surface area contributed by atoms with Crippen LogP contribution in [0.3, 0.4) is 0 Å². The van der Waals surface area contributed by atoms with Crippen molar-refractivity contribution < 1.29 is 14.3 Å². The predicted molar refractivity (Wildman–Crippen MR) is 102 cm³/mol. The number of nitrogens with zero attached hydrogens (tertiary/aromatic N) is 2. The molecule has 0 radical (unpaired) electrons. The van der Waals surface area contributed by atoms with Crippen molar-refractivity contribution in [1.82, 2.24) is 9.55 Å². The van der Waals surface area contributed by atoms with Crippen LogP contribution >= 0.6 is 27.3 Å². The van der Waals surface area contributed by atoms with Crippen LogP contribution in [0.1, 0.15) is 33.0 Å². The number of rotatable bonds is 2. The summed E-state index contributed by atoms with van der Waals surface area (Å²) >= 11 is 4.32. The molecule has 0 atom stereocenters. The zero-order valence-electron chi connectivity index (χ0n) is 13.5. The van der Waals surface area contributed by atoms with E-state index in [4.69, 9.17) is 0 Å². The SMILES string of the molecule is Cc1c(C(=O)O)sc2nc3n(c(=O)c12)CC/C3=C/c1cc(Br)ccc1F. The van der Waals surface area contributed by atoms with Crippen LogP contribution in [0.5, 0.6) is 0 Å². The molecular formula is C18H12BrFN2O3S. The minimum Gasteiger partial charge on any atom is -0.477 e. The Hall–Kier alpha value is -2.32. The Balaban J connectivity index is 1.93. The molecule has 4 rings (SSSR count). The lowest BCUT2D eigenvalue weighted by Gasteiger charge is -2.04. The van der Waals surface area contributed by atoms with Gasteiger partial charge in [0, 0.05) is 16.6 Å². The van der Waals surface area contributed by atoms with Crippen molar-refractivity contribution in [2.24, 2.45) is 0 Å². The number of carboxylic acids is 1. The minimum absolute atomic E-state index is 0.123. The molecule has 0 saturated heterocycles. The summed E-state index contributed by atoms with van der Waals surface area (Å²) in [5.74, 6) is -0.954. The van der Waals surface area contributed by atoms with Crippen molar-refractivity contribution in [1.29, 1.82) is 0 Å². The van der Waals surface area contributed by atoms with Gasteiger partial charge < -0.3 is 5.11 Å². The molecule has 0 fully saturated rings. The third-order valence-corrected chi connectivity index (χ3v) is 6.09. The number of carbonyl (C=O) groups is 1. The van der Waals surface area contributed by atoms with E-state index in [9.17, 15) is 19.1 Å². The highest BCUT2D eigenvalue weighted by Gasteiger charge is 2.25. The second-order valence-corrected chi connectivity index (χ2v) is 7.93. The maximum Gasteiger partial charge on any atom is 0.346 e. The molecule has 8 heteroatoms. The summed E-state index contributed by atoms with van der Waals surface area (Å²) in [5, 5.41) is 9.64. The van der Waals surface area contributed by atoms with Gasteiger partial charge in [-0.15, -0.1) is 11.3 Å². The van der Waals surface area contributed by atoms with Crippen molar-refractivity contribution >= 4 is 55.1 Å². The Morgan fingerprint density at radius 3 is 2.96 bits per heavy atom. The maximum atomic E-state index is 14.1. The molecule has 5 nitrogen and oxygen atoms in total. The second-order valence-electron chi connectivity index (χ2n) is 6.02. The monoisotopic (exact) mass is 434 g/mol. The van der Waals surface area contributed by atoms with Gasteiger partial charge in [-0.3, -0.25) is 9.36 Å². The van der Waals surface area contributed by atoms with Gasteiger partial charge in [-0.05, 0) is 48.8 Å². The summed E-state index contributed by atoms with van der Waals surface area (Å²) in [5.41, 5.74) is 1.36. The van der Waals surface area contributed by atoms with Crippen LogP contribution in [-0.4, -0.2) is 20.6 Å². The first-order valence-corrected chi connectivity index (χ1v) is 9.41. The lowest BCUT2D eigenvalue weighted by molar-refractivity contribution is 0.0701. The van der Waals surface area contributed by atoms with Gasteiger partial charge in [0.2, 0.25) is 0 Å². The van der Waals surface area contributed by atoms with E-state index in [0.29, 0.717) is 40.1 Å². The van der Waals surface area contributed by atoms with E-state index < -0.39 is 5.97 Å². The Labute approximate surface area is 159 Å². The smallest absolute Gasteiger partial charge is 0.346 e. The number of fused-ring (bicyclic) bond motifs is 2. The Bertz CT molecular complexity index is 1180. The van der Waals surface area contributed by atoms with Gasteiger partial charge >= 0.3 is 5.97 Å². The zero-order valence-corrected chi connectivity index (χ0v) is 15.9. The average molecular weight is 435 g/mol. The zero-order chi connectivity index (χ0) is 18.6. The van der Waals surface area contributed by atoms with Gasteiger partial charge in [0.1, 0.15) is 21.3 Å². The molecular weight excluding hydrogens is 423 g/mol. The molecule has 0 aliphatic carbocycles. The van der Waals surface area contributed by atoms with Gasteiger partial charge in [0.25, 0.3) is 5.56 Å². The molecule has 132 valence electrons. The van der Waals surface area contributed by atoms with Crippen LogP contribution in [0.25, 0.3) is 21.9 Å². The summed E-state index contributed by atoms with van der Waals surface area (Å²) in [6, 6.07) is 4.66. The highest BCUT2D eigenvalue weighted by molar-refractivity contribution is 9.10. The molecule has 3 heterocycles. The van der Waals surface area contributed by atoms with Crippen molar-refractivity contribution in [2.75, 3.05) is 0 Å². The van der Waals surface area contributed by atoms with Crippen LogP contribution in [0, 0.1) is 12.7 Å². The Kier molecular flexibility index (Phi) is 4.04. The molecule has 26 heavy (non-hydrogen) atoms. The third kappa shape index (κ3) is 2.60. The number of hydrogen-bond donors (Lipinski definition) is 1. The number of hydrogen-bond acceptors (Lipinski definition) is 4. The number of allylic oxidation sites excluding steroid dienone is 1. The van der Waals surface area contributed by atoms with Crippen LogP contribution in [0.4, 0.5) is 4.39 Å². The Morgan fingerprint density at radius 2 is 2.23 bits per heavy atom. The van der Waals surface area contributed by atoms with E-state index in [1.165, 1.54) is 10.6 Å². The molecule has 2 aromatic heterocycles. The molecule has 3 aromatic rings. The quantitative estimate of drug-likeness (QED) is 0.651. The fourth-order valence-electron chi connectivity index (χ4n) is 3.17. The molecule has 0 saturated carbocycles. The largest absolute Gasteiger partial charge is 0.477 e. The molecule has 0 bridgehead atoms. The number of halogens is 2. The standard InChI is InChI=1S/C18H12BrFN2O3S/c1-8-13-16(26-14(8)18(24)25)21-15-9(4-5-22(15)17(13)23)6-10-7-11(19)2-3-12(10)20/h2-3,6-7H,4-5H2,1H3,(H,24,25)/b9-6-. The summed E-state index contributed by atoms with van der Waals surface area (Å²) in [7, 11) is 0. The van der Waals surface area contributed by atoms with Gasteiger partial charge in [0.15, 0.2) is 0 Å². The van der Waals surface area contributed by atoms with Crippen LogP contribution in [0.2, 0.25) is 0 Å². The second kappa shape index (κ2) is 6.14. The van der Waals surface area contributed by atoms with Gasteiger partial charge in [0.05, 0.1) is 5.39 Å². The van der Waals surface area contributed by atoms with E-state index in [1.807, 2.05) is 0 Å². The molecule has 1 N–H and O–H groups in total. The molecule has 0 amide bonds.